The van der Waals surface area contributed by atoms with Crippen molar-refractivity contribution in [1.29, 1.82) is 0 Å². The minimum Gasteiger partial charge on any atom is -0.493 e. The molecule has 3 N–H and O–H groups in total. The van der Waals surface area contributed by atoms with Crippen LogP contribution in [0, 0.1) is 0 Å². The largest absolute Gasteiger partial charge is 0.493 e. The van der Waals surface area contributed by atoms with E-state index in [4.69, 9.17) is 26.8 Å². The fraction of sp³-hybridized carbons (Fsp3) is 0.176. The molecule has 0 radical (unpaired) electrons. The van der Waals surface area contributed by atoms with Crippen LogP contribution in [0.4, 0.5) is 0 Å². The molecular formula is C17H14ClNO5. The SMILES string of the molecule is NC(=O)c1ccc(Oc2cc3c(cc2Cl)C(C(=O)O)CCO3)cc1. The van der Waals surface area contributed by atoms with Crippen LogP contribution >= 0.6 is 11.6 Å². The molecule has 0 spiro atoms. The van der Waals surface area contributed by atoms with Gasteiger partial charge in [-0.1, -0.05) is 11.6 Å². The maximum atomic E-state index is 11.3. The van der Waals surface area contributed by atoms with Gasteiger partial charge in [-0.3, -0.25) is 9.59 Å². The van der Waals surface area contributed by atoms with Gasteiger partial charge in [0.25, 0.3) is 0 Å². The summed E-state index contributed by atoms with van der Waals surface area (Å²) in [6.45, 7) is 0.318. The Labute approximate surface area is 142 Å². The third-order valence-corrected chi connectivity index (χ3v) is 4.06. The molecule has 0 aliphatic carbocycles. The predicted molar refractivity (Wildman–Crippen MR) is 87.0 cm³/mol. The minimum atomic E-state index is -0.911. The quantitative estimate of drug-likeness (QED) is 0.884. The highest BCUT2D eigenvalue weighted by Gasteiger charge is 2.29. The first-order chi connectivity index (χ1) is 11.5. The van der Waals surface area contributed by atoms with Gasteiger partial charge in [0.1, 0.15) is 17.2 Å². The van der Waals surface area contributed by atoms with E-state index in [0.29, 0.717) is 41.4 Å². The molecule has 0 saturated carbocycles. The Hall–Kier alpha value is -2.73. The number of amides is 1. The molecule has 1 aliphatic heterocycles. The zero-order valence-corrected chi connectivity index (χ0v) is 13.2. The smallest absolute Gasteiger partial charge is 0.311 e. The maximum Gasteiger partial charge on any atom is 0.311 e. The number of ether oxygens (including phenoxy) is 2. The van der Waals surface area contributed by atoms with Crippen LogP contribution < -0.4 is 15.2 Å². The van der Waals surface area contributed by atoms with Crippen molar-refractivity contribution in [2.45, 2.75) is 12.3 Å². The van der Waals surface area contributed by atoms with Crippen molar-refractivity contribution in [3.63, 3.8) is 0 Å². The van der Waals surface area contributed by atoms with Crippen molar-refractivity contribution in [3.8, 4) is 17.2 Å². The van der Waals surface area contributed by atoms with Gasteiger partial charge in [-0.05, 0) is 36.8 Å². The van der Waals surface area contributed by atoms with Gasteiger partial charge < -0.3 is 20.3 Å². The Bertz CT molecular complexity index is 803. The average Bonchev–Trinajstić information content (AvgIpc) is 2.55. The zero-order valence-electron chi connectivity index (χ0n) is 12.5. The Morgan fingerprint density at radius 3 is 2.58 bits per heavy atom. The van der Waals surface area contributed by atoms with Crippen molar-refractivity contribution >= 4 is 23.5 Å². The standard InChI is InChI=1S/C17H14ClNO5/c18-13-7-12-11(17(21)22)5-6-23-14(12)8-15(13)24-10-3-1-9(2-4-10)16(19)20/h1-4,7-8,11H,5-6H2,(H2,19,20)(H,21,22). The number of nitrogens with two attached hydrogens (primary N) is 1. The molecule has 1 aliphatic rings. The van der Waals surface area contributed by atoms with Gasteiger partial charge in [0.15, 0.2) is 0 Å². The predicted octanol–water partition coefficient (Wildman–Crippen LogP) is 3.18. The molecule has 2 aromatic rings. The molecule has 0 bridgehead atoms. The molecule has 1 unspecified atom stereocenters. The average molecular weight is 348 g/mol. The number of rotatable bonds is 4. The highest BCUT2D eigenvalue weighted by atomic mass is 35.5. The summed E-state index contributed by atoms with van der Waals surface area (Å²) in [5.41, 5.74) is 6.09. The normalized spacial score (nSPS) is 16.0. The van der Waals surface area contributed by atoms with E-state index < -0.39 is 17.8 Å². The summed E-state index contributed by atoms with van der Waals surface area (Å²) in [6, 6.07) is 9.41. The van der Waals surface area contributed by atoms with E-state index in [0.717, 1.165) is 0 Å². The zero-order chi connectivity index (χ0) is 17.3. The Balaban J connectivity index is 1.89. The van der Waals surface area contributed by atoms with E-state index in [1.807, 2.05) is 0 Å². The van der Waals surface area contributed by atoms with Crippen molar-refractivity contribution in [2.24, 2.45) is 5.73 Å². The molecular weight excluding hydrogens is 334 g/mol. The number of carbonyl (C=O) groups excluding carboxylic acids is 1. The van der Waals surface area contributed by atoms with Crippen molar-refractivity contribution < 1.29 is 24.2 Å². The lowest BCUT2D eigenvalue weighted by atomic mass is 9.93. The number of benzene rings is 2. The monoisotopic (exact) mass is 347 g/mol. The topological polar surface area (TPSA) is 98.9 Å². The number of carboxylic acid groups (broad SMARTS) is 1. The van der Waals surface area contributed by atoms with Crippen LogP contribution in [0.25, 0.3) is 0 Å². The second-order valence-corrected chi connectivity index (χ2v) is 5.75. The maximum absolute atomic E-state index is 11.3. The number of halogens is 1. The van der Waals surface area contributed by atoms with Gasteiger partial charge in [0.05, 0.1) is 17.5 Å². The van der Waals surface area contributed by atoms with Crippen molar-refractivity contribution in [2.75, 3.05) is 6.61 Å². The van der Waals surface area contributed by atoms with Gasteiger partial charge in [0, 0.05) is 17.2 Å². The molecule has 124 valence electrons. The number of carbonyl (C=O) groups is 2. The first-order valence-corrected chi connectivity index (χ1v) is 7.60. The molecule has 3 rings (SSSR count). The minimum absolute atomic E-state index is 0.282. The van der Waals surface area contributed by atoms with Gasteiger partial charge in [0.2, 0.25) is 5.91 Å². The Morgan fingerprint density at radius 1 is 1.25 bits per heavy atom. The summed E-state index contributed by atoms with van der Waals surface area (Å²) in [5.74, 6) is -0.828. The van der Waals surface area contributed by atoms with Crippen LogP contribution in [0.3, 0.4) is 0 Å². The number of hydrogen-bond donors (Lipinski definition) is 2. The van der Waals surface area contributed by atoms with Crippen LogP contribution in [0.1, 0.15) is 28.3 Å². The van der Waals surface area contributed by atoms with Crippen LogP contribution in [0.15, 0.2) is 36.4 Å². The second-order valence-electron chi connectivity index (χ2n) is 5.34. The first-order valence-electron chi connectivity index (χ1n) is 7.22. The lowest BCUT2D eigenvalue weighted by molar-refractivity contribution is -0.139. The summed E-state index contributed by atoms with van der Waals surface area (Å²) in [6.07, 6.45) is 0.396. The van der Waals surface area contributed by atoms with Crippen LogP contribution in [0.2, 0.25) is 5.02 Å². The molecule has 0 saturated heterocycles. The molecule has 1 atom stereocenters. The van der Waals surface area contributed by atoms with Crippen LogP contribution in [0.5, 0.6) is 17.2 Å². The molecule has 6 nitrogen and oxygen atoms in total. The Kier molecular flexibility index (Phi) is 4.31. The molecule has 0 aromatic heterocycles. The summed E-state index contributed by atoms with van der Waals surface area (Å²) < 4.78 is 11.2. The van der Waals surface area contributed by atoms with Gasteiger partial charge in [-0.15, -0.1) is 0 Å². The van der Waals surface area contributed by atoms with E-state index in [1.165, 1.54) is 0 Å². The van der Waals surface area contributed by atoms with E-state index in [1.54, 1.807) is 36.4 Å². The molecule has 2 aromatic carbocycles. The molecule has 1 heterocycles. The Morgan fingerprint density at radius 2 is 1.96 bits per heavy atom. The van der Waals surface area contributed by atoms with Crippen molar-refractivity contribution in [1.82, 2.24) is 0 Å². The summed E-state index contributed by atoms with van der Waals surface area (Å²) in [7, 11) is 0. The summed E-state index contributed by atoms with van der Waals surface area (Å²) in [5, 5.41) is 9.57. The third kappa shape index (κ3) is 3.14. The second kappa shape index (κ2) is 6.41. The number of carboxylic acids is 1. The van der Waals surface area contributed by atoms with Gasteiger partial charge in [-0.2, -0.15) is 0 Å². The lowest BCUT2D eigenvalue weighted by Crippen LogP contribution is -2.20. The number of fused-ring (bicyclic) bond motifs is 1. The number of hydrogen-bond acceptors (Lipinski definition) is 4. The summed E-state index contributed by atoms with van der Waals surface area (Å²) in [4.78, 5) is 22.4. The van der Waals surface area contributed by atoms with Gasteiger partial charge >= 0.3 is 5.97 Å². The fourth-order valence-electron chi connectivity index (χ4n) is 2.54. The van der Waals surface area contributed by atoms with E-state index in [9.17, 15) is 14.7 Å². The highest BCUT2D eigenvalue weighted by molar-refractivity contribution is 6.32. The molecule has 24 heavy (non-hydrogen) atoms. The first kappa shape index (κ1) is 16.1. The summed E-state index contributed by atoms with van der Waals surface area (Å²) >= 11 is 6.22. The molecule has 0 fully saturated rings. The van der Waals surface area contributed by atoms with Crippen LogP contribution in [-0.4, -0.2) is 23.6 Å². The van der Waals surface area contributed by atoms with Crippen molar-refractivity contribution in [3.05, 3.63) is 52.5 Å². The third-order valence-electron chi connectivity index (χ3n) is 3.77. The van der Waals surface area contributed by atoms with Crippen LogP contribution in [-0.2, 0) is 4.79 Å². The van der Waals surface area contributed by atoms with E-state index in [2.05, 4.69) is 0 Å². The molecule has 1 amide bonds. The lowest BCUT2D eigenvalue weighted by Gasteiger charge is -2.24. The number of aliphatic carboxylic acids is 1. The van der Waals surface area contributed by atoms with E-state index in [-0.39, 0.29) is 5.02 Å². The van der Waals surface area contributed by atoms with E-state index >= 15 is 0 Å². The number of primary amides is 1. The highest BCUT2D eigenvalue weighted by Crippen LogP contribution is 2.41. The molecule has 7 heteroatoms. The van der Waals surface area contributed by atoms with Gasteiger partial charge in [-0.25, -0.2) is 0 Å². The fourth-order valence-corrected chi connectivity index (χ4v) is 2.75.